The highest BCUT2D eigenvalue weighted by Gasteiger charge is 2.36. The summed E-state index contributed by atoms with van der Waals surface area (Å²) in [5.74, 6) is 0. The summed E-state index contributed by atoms with van der Waals surface area (Å²) in [5.41, 5.74) is 12.7. The molecule has 0 aliphatic heterocycles. The lowest BCUT2D eigenvalue weighted by molar-refractivity contribution is 0.636. The van der Waals surface area contributed by atoms with Crippen molar-refractivity contribution in [2.75, 3.05) is 4.90 Å². The Hall–Kier alpha value is -4.62. The highest BCUT2D eigenvalue weighted by atomic mass is 15.1. The maximum atomic E-state index is 2.46. The molecule has 1 nitrogen and oxygen atoms in total. The van der Waals surface area contributed by atoms with Crippen molar-refractivity contribution in [2.24, 2.45) is 0 Å². The summed E-state index contributed by atoms with van der Waals surface area (Å²) in [6.45, 7) is 11.6. The Morgan fingerprint density at radius 1 is 0.571 bits per heavy atom. The van der Waals surface area contributed by atoms with Crippen LogP contribution in [0.3, 0.4) is 0 Å². The molecule has 0 spiro atoms. The third-order valence-corrected chi connectivity index (χ3v) is 9.48. The molecule has 1 aliphatic carbocycles. The SMILES string of the molecule is Cc1ccc(N(c2ccc3c(c2)C(C)(C)c2ccccc2-3)c2cccc3ccccc23)cc1C(C)(C)c1ccccc1. The van der Waals surface area contributed by atoms with Crippen molar-refractivity contribution in [1.82, 2.24) is 0 Å². The quantitative estimate of drug-likeness (QED) is 0.209. The minimum Gasteiger partial charge on any atom is -0.310 e. The normalized spacial score (nSPS) is 13.5. The van der Waals surface area contributed by atoms with Gasteiger partial charge in [0, 0.05) is 27.6 Å². The number of benzene rings is 6. The molecule has 0 bridgehead atoms. The molecular weight excluding hydrogens is 506 g/mol. The molecule has 1 aliphatic rings. The van der Waals surface area contributed by atoms with Gasteiger partial charge in [-0.05, 0) is 81.6 Å². The predicted molar refractivity (Wildman–Crippen MR) is 180 cm³/mol. The number of rotatable bonds is 5. The van der Waals surface area contributed by atoms with Crippen molar-refractivity contribution < 1.29 is 0 Å². The average Bonchev–Trinajstić information content (AvgIpc) is 3.24. The Labute approximate surface area is 250 Å². The number of hydrogen-bond donors (Lipinski definition) is 0. The predicted octanol–water partition coefficient (Wildman–Crippen LogP) is 11.3. The van der Waals surface area contributed by atoms with Crippen LogP contribution in [-0.4, -0.2) is 0 Å². The Balaban J connectivity index is 1.46. The lowest BCUT2D eigenvalue weighted by Crippen LogP contribution is -2.21. The van der Waals surface area contributed by atoms with Gasteiger partial charge >= 0.3 is 0 Å². The van der Waals surface area contributed by atoms with Crippen molar-refractivity contribution in [2.45, 2.75) is 45.4 Å². The van der Waals surface area contributed by atoms with Gasteiger partial charge in [0.2, 0.25) is 0 Å². The highest BCUT2D eigenvalue weighted by Crippen LogP contribution is 2.51. The Morgan fingerprint density at radius 2 is 1.21 bits per heavy atom. The fourth-order valence-electron chi connectivity index (χ4n) is 7.09. The van der Waals surface area contributed by atoms with Gasteiger partial charge < -0.3 is 4.90 Å². The molecule has 0 saturated carbocycles. The third kappa shape index (κ3) is 4.07. The zero-order valence-electron chi connectivity index (χ0n) is 25.1. The largest absolute Gasteiger partial charge is 0.310 e. The molecule has 6 aromatic carbocycles. The molecule has 6 aromatic rings. The molecule has 0 fully saturated rings. The van der Waals surface area contributed by atoms with E-state index < -0.39 is 0 Å². The second-order valence-corrected chi connectivity index (χ2v) is 12.7. The van der Waals surface area contributed by atoms with Crippen LogP contribution in [-0.2, 0) is 10.8 Å². The molecule has 42 heavy (non-hydrogen) atoms. The van der Waals surface area contributed by atoms with Crippen LogP contribution in [0.15, 0.2) is 133 Å². The van der Waals surface area contributed by atoms with Crippen LogP contribution >= 0.6 is 0 Å². The maximum Gasteiger partial charge on any atom is 0.0540 e. The van der Waals surface area contributed by atoms with E-state index in [1.165, 1.54) is 66.8 Å². The highest BCUT2D eigenvalue weighted by molar-refractivity contribution is 5.99. The number of fused-ring (bicyclic) bond motifs is 4. The van der Waals surface area contributed by atoms with E-state index in [0.717, 1.165) is 0 Å². The van der Waals surface area contributed by atoms with Gasteiger partial charge in [0.1, 0.15) is 0 Å². The van der Waals surface area contributed by atoms with Crippen LogP contribution < -0.4 is 4.90 Å². The summed E-state index contributed by atoms with van der Waals surface area (Å²) in [7, 11) is 0. The molecule has 0 aromatic heterocycles. The zero-order chi connectivity index (χ0) is 29.1. The van der Waals surface area contributed by atoms with E-state index in [9.17, 15) is 0 Å². The summed E-state index contributed by atoms with van der Waals surface area (Å²) in [6, 6.07) is 49.2. The van der Waals surface area contributed by atoms with Gasteiger partial charge in [-0.3, -0.25) is 0 Å². The standard InChI is InChI=1S/C41H37N/c1-28-22-23-31(26-37(28)40(2,3)30-16-7-6-8-17-30)42(39-21-13-15-29-14-9-10-18-33(29)39)32-24-25-35-34-19-11-12-20-36(34)41(4,5)38(35)27-32/h6-27H,1-5H3. The first-order valence-corrected chi connectivity index (χ1v) is 15.0. The van der Waals surface area contributed by atoms with E-state index in [4.69, 9.17) is 0 Å². The molecule has 0 radical (unpaired) electrons. The van der Waals surface area contributed by atoms with Gasteiger partial charge in [-0.15, -0.1) is 0 Å². The molecule has 0 amide bonds. The molecule has 206 valence electrons. The van der Waals surface area contributed by atoms with Gasteiger partial charge in [0.15, 0.2) is 0 Å². The van der Waals surface area contributed by atoms with Gasteiger partial charge in [-0.25, -0.2) is 0 Å². The van der Waals surface area contributed by atoms with Crippen LogP contribution in [0, 0.1) is 6.92 Å². The maximum absolute atomic E-state index is 2.46. The van der Waals surface area contributed by atoms with Crippen LogP contribution in [0.4, 0.5) is 17.1 Å². The van der Waals surface area contributed by atoms with Crippen molar-refractivity contribution in [1.29, 1.82) is 0 Å². The number of aryl methyl sites for hydroxylation is 1. The van der Waals surface area contributed by atoms with Crippen molar-refractivity contribution in [3.63, 3.8) is 0 Å². The first-order valence-electron chi connectivity index (χ1n) is 15.0. The van der Waals surface area contributed by atoms with Gasteiger partial charge in [0.05, 0.1) is 5.69 Å². The molecular formula is C41H37N. The van der Waals surface area contributed by atoms with E-state index in [0.29, 0.717) is 0 Å². The van der Waals surface area contributed by atoms with Crippen LogP contribution in [0.25, 0.3) is 21.9 Å². The van der Waals surface area contributed by atoms with Gasteiger partial charge in [0.25, 0.3) is 0 Å². The molecule has 7 rings (SSSR count). The Kier molecular flexibility index (Phi) is 6.10. The minimum atomic E-state index is -0.145. The van der Waals surface area contributed by atoms with Crippen molar-refractivity contribution in [3.8, 4) is 11.1 Å². The second kappa shape index (κ2) is 9.74. The second-order valence-electron chi connectivity index (χ2n) is 12.7. The fraction of sp³-hybridized carbons (Fsp3) is 0.171. The Bertz CT molecular complexity index is 1940. The van der Waals surface area contributed by atoms with E-state index in [-0.39, 0.29) is 10.8 Å². The third-order valence-electron chi connectivity index (χ3n) is 9.48. The number of nitrogens with zero attached hydrogens (tertiary/aromatic N) is 1. The topological polar surface area (TPSA) is 3.24 Å². The zero-order valence-corrected chi connectivity index (χ0v) is 25.1. The van der Waals surface area contributed by atoms with Gasteiger partial charge in [-0.2, -0.15) is 0 Å². The van der Waals surface area contributed by atoms with E-state index >= 15 is 0 Å². The van der Waals surface area contributed by atoms with E-state index in [2.05, 4.69) is 173 Å². The smallest absolute Gasteiger partial charge is 0.0540 e. The van der Waals surface area contributed by atoms with Crippen LogP contribution in [0.5, 0.6) is 0 Å². The number of hydrogen-bond acceptors (Lipinski definition) is 1. The minimum absolute atomic E-state index is 0.0693. The molecule has 0 heterocycles. The summed E-state index contributed by atoms with van der Waals surface area (Å²) in [4.78, 5) is 2.46. The molecule has 0 unspecified atom stereocenters. The summed E-state index contributed by atoms with van der Waals surface area (Å²) in [6.07, 6.45) is 0. The fourth-order valence-corrected chi connectivity index (χ4v) is 7.09. The van der Waals surface area contributed by atoms with Crippen molar-refractivity contribution in [3.05, 3.63) is 161 Å². The lowest BCUT2D eigenvalue weighted by atomic mass is 9.76. The molecule has 0 saturated heterocycles. The van der Waals surface area contributed by atoms with Gasteiger partial charge in [-0.1, -0.05) is 131 Å². The summed E-state index contributed by atoms with van der Waals surface area (Å²) >= 11 is 0. The summed E-state index contributed by atoms with van der Waals surface area (Å²) in [5, 5.41) is 2.48. The molecule has 0 N–H and O–H groups in total. The van der Waals surface area contributed by atoms with Crippen LogP contribution in [0.2, 0.25) is 0 Å². The number of anilines is 3. The molecule has 1 heteroatoms. The van der Waals surface area contributed by atoms with E-state index in [1.807, 2.05) is 0 Å². The van der Waals surface area contributed by atoms with Crippen LogP contribution in [0.1, 0.15) is 55.5 Å². The van der Waals surface area contributed by atoms with E-state index in [1.54, 1.807) is 0 Å². The lowest BCUT2D eigenvalue weighted by Gasteiger charge is -2.32. The summed E-state index contributed by atoms with van der Waals surface area (Å²) < 4.78 is 0. The van der Waals surface area contributed by atoms with Crippen molar-refractivity contribution >= 4 is 27.8 Å². The molecule has 0 atom stereocenters. The first kappa shape index (κ1) is 26.3. The first-order chi connectivity index (χ1) is 20.3. The average molecular weight is 544 g/mol. The Morgan fingerprint density at radius 3 is 2.05 bits per heavy atom. The monoisotopic (exact) mass is 543 g/mol.